The summed E-state index contributed by atoms with van der Waals surface area (Å²) in [4.78, 5) is 48.3. The maximum Gasteiger partial charge on any atom is 0.313 e. The fraction of sp³-hybridized carbons (Fsp3) is 0.304. The van der Waals surface area contributed by atoms with Gasteiger partial charge >= 0.3 is 11.8 Å². The number of anilines is 1. The van der Waals surface area contributed by atoms with E-state index >= 15 is 0 Å². The lowest BCUT2D eigenvalue weighted by molar-refractivity contribution is -0.138. The first kappa shape index (κ1) is 22.0. The topological polar surface area (TPSA) is 114 Å². The Kier molecular flexibility index (Phi) is 6.69. The van der Waals surface area contributed by atoms with Crippen molar-refractivity contribution in [2.75, 3.05) is 12.4 Å². The molecule has 2 aromatic rings. The number of piperidine rings is 1. The maximum absolute atomic E-state index is 12.5. The van der Waals surface area contributed by atoms with E-state index in [-0.39, 0.29) is 24.8 Å². The molecule has 162 valence electrons. The van der Waals surface area contributed by atoms with E-state index in [1.807, 2.05) is 6.92 Å². The lowest BCUT2D eigenvalue weighted by Crippen LogP contribution is -2.51. The van der Waals surface area contributed by atoms with Gasteiger partial charge in [0.15, 0.2) is 0 Å². The third-order valence-electron chi connectivity index (χ3n) is 5.58. The van der Waals surface area contributed by atoms with Crippen LogP contribution in [-0.2, 0) is 31.1 Å². The van der Waals surface area contributed by atoms with Crippen molar-refractivity contribution >= 4 is 29.3 Å². The van der Waals surface area contributed by atoms with Crippen LogP contribution in [0.15, 0.2) is 48.5 Å². The van der Waals surface area contributed by atoms with E-state index in [0.29, 0.717) is 24.3 Å². The molecule has 0 spiro atoms. The van der Waals surface area contributed by atoms with Crippen LogP contribution in [0.3, 0.4) is 0 Å². The van der Waals surface area contributed by atoms with E-state index in [1.54, 1.807) is 55.6 Å². The molecular formula is C23H25N3O5. The summed E-state index contributed by atoms with van der Waals surface area (Å²) in [5.41, 5.74) is 1.26. The van der Waals surface area contributed by atoms with Gasteiger partial charge in [0.2, 0.25) is 11.8 Å². The standard InChI is InChI=1S/C23H25N3O5/c1-3-23(13-12-19(27)26-22(23)30)16-6-8-17(9-7-16)25-21(29)20(28)24-14-15-4-10-18(31-2)11-5-15/h4-11H,3,12-14H2,1-2H3,(H,24,28)(H,25,29)(H,26,27,30)/t23-/m1/s1. The highest BCUT2D eigenvalue weighted by atomic mass is 16.5. The van der Waals surface area contributed by atoms with Crippen molar-refractivity contribution in [3.8, 4) is 5.75 Å². The van der Waals surface area contributed by atoms with Crippen molar-refractivity contribution in [2.45, 2.75) is 38.1 Å². The number of benzene rings is 2. The van der Waals surface area contributed by atoms with Gasteiger partial charge in [0.25, 0.3) is 0 Å². The van der Waals surface area contributed by atoms with E-state index in [1.165, 1.54) is 0 Å². The Morgan fingerprint density at radius 2 is 1.71 bits per heavy atom. The molecule has 1 saturated heterocycles. The van der Waals surface area contributed by atoms with Crippen molar-refractivity contribution in [1.82, 2.24) is 10.6 Å². The fourth-order valence-corrected chi connectivity index (χ4v) is 3.63. The molecule has 31 heavy (non-hydrogen) atoms. The highest BCUT2D eigenvalue weighted by Crippen LogP contribution is 2.36. The van der Waals surface area contributed by atoms with Crippen molar-refractivity contribution in [2.24, 2.45) is 0 Å². The van der Waals surface area contributed by atoms with Crippen molar-refractivity contribution in [3.63, 3.8) is 0 Å². The summed E-state index contributed by atoms with van der Waals surface area (Å²) < 4.78 is 5.08. The number of nitrogens with one attached hydrogen (secondary N) is 3. The second-order valence-corrected chi connectivity index (χ2v) is 7.38. The molecule has 1 atom stereocenters. The predicted molar refractivity (Wildman–Crippen MR) is 114 cm³/mol. The lowest BCUT2D eigenvalue weighted by atomic mass is 9.72. The van der Waals surface area contributed by atoms with Crippen LogP contribution < -0.4 is 20.7 Å². The number of methoxy groups -OCH3 is 1. The fourth-order valence-electron chi connectivity index (χ4n) is 3.63. The summed E-state index contributed by atoms with van der Waals surface area (Å²) in [7, 11) is 1.57. The number of ether oxygens (including phenoxy) is 1. The van der Waals surface area contributed by atoms with Gasteiger partial charge in [-0.2, -0.15) is 0 Å². The number of imide groups is 1. The Bertz CT molecular complexity index is 985. The Balaban J connectivity index is 1.59. The second-order valence-electron chi connectivity index (χ2n) is 7.38. The SMILES string of the molecule is CC[C@]1(c2ccc(NC(=O)C(=O)NCc3ccc(OC)cc3)cc2)CCC(=O)NC1=O. The van der Waals surface area contributed by atoms with Crippen molar-refractivity contribution < 1.29 is 23.9 Å². The van der Waals surface area contributed by atoms with E-state index in [9.17, 15) is 19.2 Å². The van der Waals surface area contributed by atoms with Gasteiger partial charge < -0.3 is 15.4 Å². The van der Waals surface area contributed by atoms with E-state index in [4.69, 9.17) is 4.74 Å². The lowest BCUT2D eigenvalue weighted by Gasteiger charge is -2.35. The van der Waals surface area contributed by atoms with Crippen LogP contribution in [0.2, 0.25) is 0 Å². The second kappa shape index (κ2) is 9.42. The van der Waals surface area contributed by atoms with Crippen LogP contribution in [0.1, 0.15) is 37.3 Å². The smallest absolute Gasteiger partial charge is 0.313 e. The van der Waals surface area contributed by atoms with E-state index < -0.39 is 17.2 Å². The molecule has 0 aromatic heterocycles. The molecule has 1 aliphatic heterocycles. The van der Waals surface area contributed by atoms with Crippen molar-refractivity contribution in [3.05, 3.63) is 59.7 Å². The third kappa shape index (κ3) is 4.91. The average Bonchev–Trinajstić information content (AvgIpc) is 2.79. The summed E-state index contributed by atoms with van der Waals surface area (Å²) >= 11 is 0. The summed E-state index contributed by atoms with van der Waals surface area (Å²) in [6, 6.07) is 13.9. The van der Waals surface area contributed by atoms with Gasteiger partial charge in [-0.3, -0.25) is 24.5 Å². The number of hydrogen-bond acceptors (Lipinski definition) is 5. The van der Waals surface area contributed by atoms with Gasteiger partial charge in [-0.05, 0) is 48.2 Å². The van der Waals surface area contributed by atoms with Crippen LogP contribution in [-0.4, -0.2) is 30.7 Å². The first-order chi connectivity index (χ1) is 14.9. The molecule has 3 N–H and O–H groups in total. The molecule has 3 rings (SSSR count). The number of rotatable bonds is 6. The molecule has 1 heterocycles. The molecule has 4 amide bonds. The molecular weight excluding hydrogens is 398 g/mol. The Labute approximate surface area is 180 Å². The molecule has 1 aliphatic rings. The van der Waals surface area contributed by atoms with Crippen LogP contribution in [0.5, 0.6) is 5.75 Å². The number of carbonyl (C=O) groups is 4. The summed E-state index contributed by atoms with van der Waals surface area (Å²) in [6.07, 6.45) is 1.27. The van der Waals surface area contributed by atoms with E-state index in [0.717, 1.165) is 11.1 Å². The predicted octanol–water partition coefficient (Wildman–Crippen LogP) is 2.03. The first-order valence-electron chi connectivity index (χ1n) is 10.0. The summed E-state index contributed by atoms with van der Waals surface area (Å²) in [6.45, 7) is 2.11. The largest absolute Gasteiger partial charge is 0.497 e. The molecule has 0 saturated carbocycles. The Morgan fingerprint density at radius 3 is 2.29 bits per heavy atom. The highest BCUT2D eigenvalue weighted by molar-refractivity contribution is 6.39. The molecule has 0 unspecified atom stereocenters. The van der Waals surface area contributed by atoms with Crippen LogP contribution >= 0.6 is 0 Å². The van der Waals surface area contributed by atoms with Crippen LogP contribution in [0.25, 0.3) is 0 Å². The highest BCUT2D eigenvalue weighted by Gasteiger charge is 2.42. The van der Waals surface area contributed by atoms with Gasteiger partial charge in [-0.1, -0.05) is 31.2 Å². The minimum Gasteiger partial charge on any atom is -0.497 e. The quantitative estimate of drug-likeness (QED) is 0.486. The number of amides is 4. The van der Waals surface area contributed by atoms with Gasteiger partial charge in [0, 0.05) is 18.7 Å². The van der Waals surface area contributed by atoms with Crippen molar-refractivity contribution in [1.29, 1.82) is 0 Å². The Hall–Kier alpha value is -3.68. The summed E-state index contributed by atoms with van der Waals surface area (Å²) in [5, 5.41) is 7.53. The Morgan fingerprint density at radius 1 is 1.03 bits per heavy atom. The molecule has 0 radical (unpaired) electrons. The minimum absolute atomic E-state index is 0.210. The minimum atomic E-state index is -0.785. The van der Waals surface area contributed by atoms with E-state index in [2.05, 4.69) is 16.0 Å². The monoisotopic (exact) mass is 423 g/mol. The third-order valence-corrected chi connectivity index (χ3v) is 5.58. The number of carbonyl (C=O) groups excluding carboxylic acids is 4. The maximum atomic E-state index is 12.5. The summed E-state index contributed by atoms with van der Waals surface area (Å²) in [5.74, 6) is -1.40. The van der Waals surface area contributed by atoms with Gasteiger partial charge in [-0.25, -0.2) is 0 Å². The number of hydrogen-bond donors (Lipinski definition) is 3. The molecule has 8 heteroatoms. The molecule has 0 bridgehead atoms. The van der Waals surface area contributed by atoms with Gasteiger partial charge in [-0.15, -0.1) is 0 Å². The molecule has 8 nitrogen and oxygen atoms in total. The van der Waals surface area contributed by atoms with Crippen LogP contribution in [0.4, 0.5) is 5.69 Å². The molecule has 2 aromatic carbocycles. The van der Waals surface area contributed by atoms with Gasteiger partial charge in [0.1, 0.15) is 5.75 Å². The zero-order valence-corrected chi connectivity index (χ0v) is 17.5. The molecule has 1 fully saturated rings. The zero-order valence-electron chi connectivity index (χ0n) is 17.5. The average molecular weight is 423 g/mol. The van der Waals surface area contributed by atoms with Gasteiger partial charge in [0.05, 0.1) is 12.5 Å². The van der Waals surface area contributed by atoms with Crippen LogP contribution in [0, 0.1) is 0 Å². The molecule has 0 aliphatic carbocycles. The zero-order chi connectivity index (χ0) is 22.4. The first-order valence-corrected chi connectivity index (χ1v) is 10.0. The normalized spacial score (nSPS) is 18.1.